The number of nitrogens with two attached hydrogens (primary N) is 1. The molecule has 0 fully saturated rings. The third-order valence-electron chi connectivity index (χ3n) is 2.51. The van der Waals surface area contributed by atoms with Gasteiger partial charge in [0.05, 0.1) is 13.2 Å². The molecule has 0 aromatic heterocycles. The summed E-state index contributed by atoms with van der Waals surface area (Å²) in [4.78, 5) is 0. The Morgan fingerprint density at radius 1 is 1.16 bits per heavy atom. The summed E-state index contributed by atoms with van der Waals surface area (Å²) < 4.78 is 16.8. The molecule has 4 nitrogen and oxygen atoms in total. The van der Waals surface area contributed by atoms with Crippen molar-refractivity contribution < 1.29 is 14.2 Å². The van der Waals surface area contributed by atoms with Gasteiger partial charge in [-0.15, -0.1) is 0 Å². The summed E-state index contributed by atoms with van der Waals surface area (Å²) in [5.74, 6) is 2.02. The molecule has 0 aliphatic rings. The van der Waals surface area contributed by atoms with Crippen LogP contribution in [0.5, 0.6) is 11.5 Å². The van der Waals surface area contributed by atoms with Gasteiger partial charge in [0.2, 0.25) is 0 Å². The van der Waals surface area contributed by atoms with Crippen LogP contribution in [-0.4, -0.2) is 26.4 Å². The lowest BCUT2D eigenvalue weighted by atomic mass is 10.2. The van der Waals surface area contributed by atoms with Crippen LogP contribution in [-0.2, 0) is 11.3 Å². The zero-order valence-electron chi connectivity index (χ0n) is 12.1. The number of benzene rings is 1. The molecule has 1 aromatic rings. The Kier molecular flexibility index (Phi) is 7.30. The molecule has 0 aliphatic carbocycles. The van der Waals surface area contributed by atoms with E-state index in [2.05, 4.69) is 13.8 Å². The van der Waals surface area contributed by atoms with Crippen molar-refractivity contribution >= 4 is 0 Å². The Balaban J connectivity index is 2.54. The Morgan fingerprint density at radius 3 is 2.58 bits per heavy atom. The van der Waals surface area contributed by atoms with Crippen LogP contribution >= 0.6 is 0 Å². The van der Waals surface area contributed by atoms with Crippen LogP contribution in [0.1, 0.15) is 26.3 Å². The lowest BCUT2D eigenvalue weighted by Crippen LogP contribution is -2.12. The van der Waals surface area contributed by atoms with Crippen molar-refractivity contribution in [3.05, 3.63) is 23.8 Å². The quantitative estimate of drug-likeness (QED) is 0.699. The van der Waals surface area contributed by atoms with Gasteiger partial charge >= 0.3 is 0 Å². The molecule has 0 bridgehead atoms. The van der Waals surface area contributed by atoms with E-state index in [0.29, 0.717) is 32.3 Å². The molecular formula is C15H25NO3. The Morgan fingerprint density at radius 2 is 1.95 bits per heavy atom. The molecule has 4 heteroatoms. The van der Waals surface area contributed by atoms with Gasteiger partial charge in [0, 0.05) is 18.7 Å². The predicted octanol–water partition coefficient (Wildman–Crippen LogP) is 2.60. The monoisotopic (exact) mass is 267 g/mol. The third-order valence-corrected chi connectivity index (χ3v) is 2.51. The average Bonchev–Trinajstić information content (AvgIpc) is 2.39. The van der Waals surface area contributed by atoms with Crippen LogP contribution < -0.4 is 15.2 Å². The van der Waals surface area contributed by atoms with Crippen molar-refractivity contribution in [1.82, 2.24) is 0 Å². The summed E-state index contributed by atoms with van der Waals surface area (Å²) in [6.07, 6.45) is 0. The molecule has 1 aromatic carbocycles. The van der Waals surface area contributed by atoms with Crippen LogP contribution in [0.25, 0.3) is 0 Å². The van der Waals surface area contributed by atoms with Crippen molar-refractivity contribution in [2.24, 2.45) is 11.7 Å². The van der Waals surface area contributed by atoms with E-state index in [-0.39, 0.29) is 0 Å². The average molecular weight is 267 g/mol. The first-order valence-electron chi connectivity index (χ1n) is 6.84. The van der Waals surface area contributed by atoms with Crippen molar-refractivity contribution in [3.63, 3.8) is 0 Å². The van der Waals surface area contributed by atoms with Crippen LogP contribution in [0.2, 0.25) is 0 Å². The maximum Gasteiger partial charge on any atom is 0.165 e. The fraction of sp³-hybridized carbons (Fsp3) is 0.600. The van der Waals surface area contributed by atoms with E-state index in [9.17, 15) is 0 Å². The normalized spacial score (nSPS) is 10.8. The first-order valence-corrected chi connectivity index (χ1v) is 6.84. The van der Waals surface area contributed by atoms with Gasteiger partial charge in [0.25, 0.3) is 0 Å². The fourth-order valence-corrected chi connectivity index (χ4v) is 1.68. The summed E-state index contributed by atoms with van der Waals surface area (Å²) >= 11 is 0. The molecule has 19 heavy (non-hydrogen) atoms. The van der Waals surface area contributed by atoms with E-state index in [1.54, 1.807) is 0 Å². The van der Waals surface area contributed by atoms with Gasteiger partial charge in [-0.3, -0.25) is 0 Å². The number of ether oxygens (including phenoxy) is 3. The van der Waals surface area contributed by atoms with E-state index in [1.807, 2.05) is 25.1 Å². The molecule has 0 saturated carbocycles. The number of hydrogen-bond donors (Lipinski definition) is 1. The van der Waals surface area contributed by atoms with Crippen molar-refractivity contribution in [3.8, 4) is 11.5 Å². The van der Waals surface area contributed by atoms with Crippen LogP contribution in [0.4, 0.5) is 0 Å². The second kappa shape index (κ2) is 8.77. The minimum absolute atomic E-state index is 0.434. The lowest BCUT2D eigenvalue weighted by molar-refractivity contribution is 0.0806. The summed E-state index contributed by atoms with van der Waals surface area (Å²) in [5.41, 5.74) is 6.67. The van der Waals surface area contributed by atoms with Gasteiger partial charge in [0.15, 0.2) is 11.5 Å². The SMILES string of the molecule is CCOc1cccc(CN)c1OCCOCC(C)C. The molecule has 2 N–H and O–H groups in total. The predicted molar refractivity (Wildman–Crippen MR) is 76.7 cm³/mol. The molecule has 0 amide bonds. The highest BCUT2D eigenvalue weighted by Gasteiger charge is 2.09. The zero-order valence-corrected chi connectivity index (χ0v) is 12.1. The zero-order chi connectivity index (χ0) is 14.1. The largest absolute Gasteiger partial charge is 0.490 e. The number of hydrogen-bond acceptors (Lipinski definition) is 4. The van der Waals surface area contributed by atoms with Crippen LogP contribution in [0.3, 0.4) is 0 Å². The highest BCUT2D eigenvalue weighted by Crippen LogP contribution is 2.31. The Labute approximate surface area is 115 Å². The smallest absolute Gasteiger partial charge is 0.165 e. The number of rotatable bonds is 9. The van der Waals surface area contributed by atoms with Crippen LogP contribution in [0, 0.1) is 5.92 Å². The first-order chi connectivity index (χ1) is 9.19. The molecule has 0 heterocycles. The van der Waals surface area contributed by atoms with Crippen molar-refractivity contribution in [2.75, 3.05) is 26.4 Å². The minimum Gasteiger partial charge on any atom is -0.490 e. The van der Waals surface area contributed by atoms with Crippen molar-refractivity contribution in [1.29, 1.82) is 0 Å². The topological polar surface area (TPSA) is 53.7 Å². The minimum atomic E-state index is 0.434. The van der Waals surface area contributed by atoms with E-state index in [0.717, 1.165) is 23.7 Å². The molecular weight excluding hydrogens is 242 g/mol. The molecule has 0 radical (unpaired) electrons. The van der Waals surface area contributed by atoms with E-state index in [4.69, 9.17) is 19.9 Å². The Bertz CT molecular complexity index is 366. The maximum absolute atomic E-state index is 5.76. The van der Waals surface area contributed by atoms with Gasteiger partial charge in [0.1, 0.15) is 6.61 Å². The summed E-state index contributed by atoms with van der Waals surface area (Å²) in [6, 6.07) is 5.77. The second-order valence-corrected chi connectivity index (χ2v) is 4.70. The third kappa shape index (κ3) is 5.49. The van der Waals surface area contributed by atoms with Gasteiger partial charge in [-0.1, -0.05) is 26.0 Å². The summed E-state index contributed by atoms with van der Waals surface area (Å²) in [6.45, 7) is 9.06. The van der Waals surface area contributed by atoms with Crippen LogP contribution in [0.15, 0.2) is 18.2 Å². The lowest BCUT2D eigenvalue weighted by Gasteiger charge is -2.15. The highest BCUT2D eigenvalue weighted by atomic mass is 16.5. The first kappa shape index (κ1) is 15.8. The highest BCUT2D eigenvalue weighted by molar-refractivity contribution is 5.46. The molecule has 1 rings (SSSR count). The maximum atomic E-state index is 5.76. The molecule has 0 saturated heterocycles. The second-order valence-electron chi connectivity index (χ2n) is 4.70. The summed E-state index contributed by atoms with van der Waals surface area (Å²) in [7, 11) is 0. The molecule has 0 atom stereocenters. The fourth-order valence-electron chi connectivity index (χ4n) is 1.68. The molecule has 0 unspecified atom stereocenters. The summed E-state index contributed by atoms with van der Waals surface area (Å²) in [5, 5.41) is 0. The van der Waals surface area contributed by atoms with Crippen molar-refractivity contribution in [2.45, 2.75) is 27.3 Å². The van der Waals surface area contributed by atoms with Gasteiger partial charge < -0.3 is 19.9 Å². The Hall–Kier alpha value is -1.26. The van der Waals surface area contributed by atoms with Gasteiger partial charge in [-0.25, -0.2) is 0 Å². The van der Waals surface area contributed by atoms with E-state index < -0.39 is 0 Å². The van der Waals surface area contributed by atoms with Gasteiger partial charge in [-0.05, 0) is 18.9 Å². The number of para-hydroxylation sites is 1. The van der Waals surface area contributed by atoms with Gasteiger partial charge in [-0.2, -0.15) is 0 Å². The molecule has 0 aliphatic heterocycles. The standard InChI is InChI=1S/C15H25NO3/c1-4-18-14-7-5-6-13(10-16)15(14)19-9-8-17-11-12(2)3/h5-7,12H,4,8-11,16H2,1-3H3. The van der Waals surface area contributed by atoms with E-state index >= 15 is 0 Å². The molecule has 0 spiro atoms. The molecule has 108 valence electrons. The van der Waals surface area contributed by atoms with E-state index in [1.165, 1.54) is 0 Å².